The zero-order chi connectivity index (χ0) is 18.1. The van der Waals surface area contributed by atoms with Crippen LogP contribution in [0.25, 0.3) is 0 Å². The van der Waals surface area contributed by atoms with Crippen LogP contribution in [-0.2, 0) is 11.2 Å². The number of nitrogens with zero attached hydrogens (tertiary/aromatic N) is 1. The van der Waals surface area contributed by atoms with Crippen molar-refractivity contribution in [1.82, 2.24) is 9.88 Å². The number of carbonyl (C=O) groups is 2. The lowest BCUT2D eigenvalue weighted by Crippen LogP contribution is -2.46. The van der Waals surface area contributed by atoms with Gasteiger partial charge in [-0.05, 0) is 43.6 Å². The molecule has 2 fully saturated rings. The second kappa shape index (κ2) is 7.02. The minimum Gasteiger partial charge on any atom is -0.480 e. The number of H-pyrrole nitrogens is 1. The molecule has 1 aromatic rings. The van der Waals surface area contributed by atoms with Crippen molar-refractivity contribution in [3.63, 3.8) is 0 Å². The minimum absolute atomic E-state index is 0.0183. The largest absolute Gasteiger partial charge is 0.480 e. The number of carboxylic acids is 1. The quantitative estimate of drug-likeness (QED) is 0.876. The molecule has 6 heteroatoms. The maximum absolute atomic E-state index is 13.1. The van der Waals surface area contributed by atoms with Crippen LogP contribution in [0.4, 0.5) is 0 Å². The van der Waals surface area contributed by atoms with Crippen molar-refractivity contribution in [3.05, 3.63) is 33.7 Å². The van der Waals surface area contributed by atoms with Gasteiger partial charge in [0.25, 0.3) is 5.91 Å². The number of carbonyl (C=O) groups excluding carboxylic acids is 1. The number of aliphatic carboxylic acids is 1. The van der Waals surface area contributed by atoms with Crippen LogP contribution < -0.4 is 5.56 Å². The number of hydrogen-bond donors (Lipinski definition) is 2. The van der Waals surface area contributed by atoms with Crippen molar-refractivity contribution in [1.29, 1.82) is 0 Å². The summed E-state index contributed by atoms with van der Waals surface area (Å²) in [6, 6.07) is 2.20. The van der Waals surface area contributed by atoms with Crippen molar-refractivity contribution in [2.75, 3.05) is 0 Å². The fourth-order valence-corrected chi connectivity index (χ4v) is 4.40. The monoisotopic (exact) mass is 346 g/mol. The lowest BCUT2D eigenvalue weighted by atomic mass is 9.84. The first-order valence-electron chi connectivity index (χ1n) is 9.15. The van der Waals surface area contributed by atoms with E-state index >= 15 is 0 Å². The highest BCUT2D eigenvalue weighted by molar-refractivity contribution is 5.97. The molecule has 2 N–H and O–H groups in total. The average Bonchev–Trinajstić information content (AvgIpc) is 2.92. The number of aromatic nitrogens is 1. The van der Waals surface area contributed by atoms with Gasteiger partial charge in [-0.3, -0.25) is 9.59 Å². The third-order valence-corrected chi connectivity index (χ3v) is 5.38. The predicted octanol–water partition coefficient (Wildman–Crippen LogP) is 2.43. The third-order valence-electron chi connectivity index (χ3n) is 5.38. The second-order valence-corrected chi connectivity index (χ2v) is 7.77. The Morgan fingerprint density at radius 2 is 2.00 bits per heavy atom. The molecule has 1 aliphatic carbocycles. The molecule has 1 aliphatic heterocycles. The maximum Gasteiger partial charge on any atom is 0.326 e. The Kier molecular flexibility index (Phi) is 4.97. The topological polar surface area (TPSA) is 90.5 Å². The van der Waals surface area contributed by atoms with Crippen molar-refractivity contribution in [2.45, 2.75) is 64.5 Å². The first-order valence-corrected chi connectivity index (χ1v) is 9.15. The van der Waals surface area contributed by atoms with Gasteiger partial charge in [-0.1, -0.05) is 26.7 Å². The molecule has 1 saturated heterocycles. The van der Waals surface area contributed by atoms with Gasteiger partial charge in [0.1, 0.15) is 6.04 Å². The van der Waals surface area contributed by atoms with Gasteiger partial charge in [-0.2, -0.15) is 0 Å². The lowest BCUT2D eigenvalue weighted by molar-refractivity contribution is -0.141. The summed E-state index contributed by atoms with van der Waals surface area (Å²) in [5, 5.41) is 9.59. The van der Waals surface area contributed by atoms with Gasteiger partial charge < -0.3 is 15.0 Å². The van der Waals surface area contributed by atoms with Crippen LogP contribution in [0.2, 0.25) is 0 Å². The van der Waals surface area contributed by atoms with Crippen LogP contribution >= 0.6 is 0 Å². The van der Waals surface area contributed by atoms with Gasteiger partial charge in [-0.15, -0.1) is 0 Å². The molecular weight excluding hydrogens is 320 g/mol. The van der Waals surface area contributed by atoms with E-state index in [1.54, 1.807) is 11.0 Å². The first kappa shape index (κ1) is 17.7. The Labute approximate surface area is 147 Å². The summed E-state index contributed by atoms with van der Waals surface area (Å²) in [6.45, 7) is 4.08. The molecule has 2 aliphatic rings. The van der Waals surface area contributed by atoms with E-state index in [9.17, 15) is 19.5 Å². The Hall–Kier alpha value is -2.11. The number of aromatic amines is 1. The highest BCUT2D eigenvalue weighted by Gasteiger charge is 2.47. The number of carboxylic acid groups (broad SMARTS) is 1. The van der Waals surface area contributed by atoms with Crippen LogP contribution in [0.3, 0.4) is 0 Å². The van der Waals surface area contributed by atoms with Crippen LogP contribution in [0.1, 0.15) is 62.0 Å². The smallest absolute Gasteiger partial charge is 0.326 e. The molecule has 3 unspecified atom stereocenters. The van der Waals surface area contributed by atoms with Gasteiger partial charge in [0.05, 0.1) is 0 Å². The molecule has 2 heterocycles. The summed E-state index contributed by atoms with van der Waals surface area (Å²) in [5.41, 5.74) is 0.710. The summed E-state index contributed by atoms with van der Waals surface area (Å²) in [6.07, 6.45) is 5.14. The third kappa shape index (κ3) is 3.62. The Morgan fingerprint density at radius 1 is 1.28 bits per heavy atom. The Bertz CT molecular complexity index is 724. The maximum atomic E-state index is 13.1. The number of nitrogens with one attached hydrogen (secondary N) is 1. The van der Waals surface area contributed by atoms with Gasteiger partial charge in [0, 0.05) is 23.4 Å². The standard InChI is InChI=1S/C19H26N2O4/c1-11(2)7-14-8-13(10-17(22)20-14)18(23)21-15-6-4-3-5-12(15)9-16(21)19(24)25/h8,10-12,15-16H,3-7,9H2,1-2H3,(H,20,22)(H,24,25). The van der Waals surface area contributed by atoms with Gasteiger partial charge in [-0.25, -0.2) is 4.79 Å². The molecule has 3 atom stereocenters. The normalized spacial score (nSPS) is 25.9. The number of amides is 1. The number of fused-ring (bicyclic) bond motifs is 1. The lowest BCUT2D eigenvalue weighted by Gasteiger charge is -2.33. The van der Waals surface area contributed by atoms with Crippen LogP contribution in [0, 0.1) is 11.8 Å². The van der Waals surface area contributed by atoms with E-state index in [1.807, 2.05) is 13.8 Å². The molecule has 0 spiro atoms. The molecule has 1 aromatic heterocycles. The highest BCUT2D eigenvalue weighted by atomic mass is 16.4. The molecule has 0 aromatic carbocycles. The van der Waals surface area contributed by atoms with E-state index in [1.165, 1.54) is 6.07 Å². The first-order chi connectivity index (χ1) is 11.9. The van der Waals surface area contributed by atoms with Crippen LogP contribution in [0.15, 0.2) is 16.9 Å². The Morgan fingerprint density at radius 3 is 2.68 bits per heavy atom. The number of hydrogen-bond acceptors (Lipinski definition) is 3. The minimum atomic E-state index is -0.949. The summed E-state index contributed by atoms with van der Waals surface area (Å²) in [5.74, 6) is -0.661. The van der Waals surface area contributed by atoms with E-state index in [0.29, 0.717) is 24.3 Å². The fourth-order valence-electron chi connectivity index (χ4n) is 4.40. The van der Waals surface area contributed by atoms with Gasteiger partial charge >= 0.3 is 5.97 Å². The summed E-state index contributed by atoms with van der Waals surface area (Å²) < 4.78 is 0. The van der Waals surface area contributed by atoms with Crippen molar-refractivity contribution in [3.8, 4) is 0 Å². The molecule has 3 rings (SSSR count). The van der Waals surface area contributed by atoms with Crippen LogP contribution in [0.5, 0.6) is 0 Å². The van der Waals surface area contributed by atoms with E-state index < -0.39 is 12.0 Å². The van der Waals surface area contributed by atoms with Gasteiger partial charge in [0.2, 0.25) is 5.56 Å². The molecular formula is C19H26N2O4. The van der Waals surface area contributed by atoms with E-state index in [4.69, 9.17) is 0 Å². The SMILES string of the molecule is CC(C)Cc1cc(C(=O)N2C(C(=O)O)CC3CCCCC32)cc(=O)[nH]1. The highest BCUT2D eigenvalue weighted by Crippen LogP contribution is 2.40. The molecule has 1 saturated carbocycles. The molecule has 0 bridgehead atoms. The summed E-state index contributed by atoms with van der Waals surface area (Å²) in [7, 11) is 0. The Balaban J connectivity index is 1.93. The number of pyridine rings is 1. The zero-order valence-corrected chi connectivity index (χ0v) is 14.8. The molecule has 6 nitrogen and oxygen atoms in total. The second-order valence-electron chi connectivity index (χ2n) is 7.77. The predicted molar refractivity (Wildman–Crippen MR) is 93.6 cm³/mol. The van der Waals surface area contributed by atoms with Crippen molar-refractivity contribution >= 4 is 11.9 Å². The average molecular weight is 346 g/mol. The van der Waals surface area contributed by atoms with Gasteiger partial charge in [0.15, 0.2) is 0 Å². The zero-order valence-electron chi connectivity index (χ0n) is 14.8. The molecule has 136 valence electrons. The fraction of sp³-hybridized carbons (Fsp3) is 0.632. The molecule has 1 amide bonds. The summed E-state index contributed by atoms with van der Waals surface area (Å²) in [4.78, 5) is 41.1. The van der Waals surface area contributed by atoms with Crippen molar-refractivity contribution < 1.29 is 14.7 Å². The van der Waals surface area contributed by atoms with E-state index in [-0.39, 0.29) is 23.4 Å². The number of rotatable bonds is 4. The van der Waals surface area contributed by atoms with E-state index in [2.05, 4.69) is 4.98 Å². The van der Waals surface area contributed by atoms with Crippen LogP contribution in [-0.4, -0.2) is 39.0 Å². The van der Waals surface area contributed by atoms with Crippen molar-refractivity contribution in [2.24, 2.45) is 11.8 Å². The van der Waals surface area contributed by atoms with E-state index in [0.717, 1.165) is 31.4 Å². The summed E-state index contributed by atoms with van der Waals surface area (Å²) >= 11 is 0. The number of likely N-dealkylation sites (tertiary alicyclic amines) is 1. The molecule has 0 radical (unpaired) electrons. The molecule has 25 heavy (non-hydrogen) atoms.